The monoisotopic (exact) mass is 329 g/mol. The molecule has 0 bridgehead atoms. The minimum absolute atomic E-state index is 0.232. The number of benzene rings is 2. The first-order valence-corrected chi connectivity index (χ1v) is 6.35. The molecule has 0 fully saturated rings. The van der Waals surface area contributed by atoms with Crippen molar-refractivity contribution in [2.45, 2.75) is 6.61 Å². The normalized spacial score (nSPS) is 10.4. The van der Waals surface area contributed by atoms with E-state index in [4.69, 9.17) is 22.1 Å². The molecule has 2 rings (SSSR count). The molecular weight excluding hydrogens is 321 g/mol. The van der Waals surface area contributed by atoms with E-state index in [9.17, 15) is 4.39 Å². The van der Waals surface area contributed by atoms with Crippen LogP contribution in [0.25, 0.3) is 0 Å². The average Bonchev–Trinajstić information content (AvgIpc) is 2.31. The molecule has 0 heterocycles. The van der Waals surface area contributed by atoms with E-state index in [1.807, 2.05) is 0 Å². The van der Waals surface area contributed by atoms with Crippen LogP contribution in [0.2, 0.25) is 5.02 Å². The Kier molecular flexibility index (Phi) is 4.09. The molecular formula is C13H10BrClFNO. The molecule has 0 spiro atoms. The van der Waals surface area contributed by atoms with Gasteiger partial charge < -0.3 is 10.5 Å². The van der Waals surface area contributed by atoms with Crippen LogP contribution >= 0.6 is 27.5 Å². The van der Waals surface area contributed by atoms with Crippen molar-refractivity contribution >= 4 is 33.2 Å². The Morgan fingerprint density at radius 1 is 1.28 bits per heavy atom. The summed E-state index contributed by atoms with van der Waals surface area (Å²) in [6.07, 6.45) is 0. The highest BCUT2D eigenvalue weighted by molar-refractivity contribution is 9.10. The number of hydrogen-bond acceptors (Lipinski definition) is 2. The quantitative estimate of drug-likeness (QED) is 0.846. The first-order valence-electron chi connectivity index (χ1n) is 5.18. The fraction of sp³-hybridized carbons (Fsp3) is 0.0769. The second-order valence-corrected chi connectivity index (χ2v) is 4.93. The number of anilines is 1. The van der Waals surface area contributed by atoms with Gasteiger partial charge in [-0.05, 0) is 46.3 Å². The smallest absolute Gasteiger partial charge is 0.134 e. The van der Waals surface area contributed by atoms with Crippen LogP contribution in [-0.2, 0) is 6.61 Å². The molecule has 0 radical (unpaired) electrons. The zero-order valence-corrected chi connectivity index (χ0v) is 11.6. The fourth-order valence-electron chi connectivity index (χ4n) is 1.47. The molecule has 0 saturated carbocycles. The predicted molar refractivity (Wildman–Crippen MR) is 74.3 cm³/mol. The molecule has 0 amide bonds. The summed E-state index contributed by atoms with van der Waals surface area (Å²) in [5.74, 6) is 0.210. The number of halogens is 3. The van der Waals surface area contributed by atoms with E-state index in [0.29, 0.717) is 20.9 Å². The molecule has 2 nitrogen and oxygen atoms in total. The Bertz CT molecular complexity index is 557. The zero-order valence-electron chi connectivity index (χ0n) is 9.29. The number of hydrogen-bond donors (Lipinski definition) is 1. The van der Waals surface area contributed by atoms with Gasteiger partial charge in [0.25, 0.3) is 0 Å². The molecule has 0 aromatic heterocycles. The molecule has 0 saturated heterocycles. The van der Waals surface area contributed by atoms with Gasteiger partial charge in [0.1, 0.15) is 18.2 Å². The second-order valence-electron chi connectivity index (χ2n) is 3.67. The van der Waals surface area contributed by atoms with Crippen LogP contribution in [0.3, 0.4) is 0 Å². The van der Waals surface area contributed by atoms with Crippen molar-refractivity contribution in [2.75, 3.05) is 5.73 Å². The second kappa shape index (κ2) is 5.59. The van der Waals surface area contributed by atoms with Gasteiger partial charge in [-0.3, -0.25) is 0 Å². The molecule has 0 aliphatic rings. The van der Waals surface area contributed by atoms with Gasteiger partial charge in [0.15, 0.2) is 0 Å². The molecule has 2 aromatic carbocycles. The standard InChI is InChI=1S/C13H10BrClFNO/c14-10-6-8(16)4-5-13(10)18-7-9-11(15)2-1-3-12(9)17/h1-6H,7,17H2. The topological polar surface area (TPSA) is 35.2 Å². The largest absolute Gasteiger partial charge is 0.488 e. The Labute approximate surface area is 118 Å². The third-order valence-electron chi connectivity index (χ3n) is 2.42. The summed E-state index contributed by atoms with van der Waals surface area (Å²) in [6.45, 7) is 0.232. The third-order valence-corrected chi connectivity index (χ3v) is 3.39. The van der Waals surface area contributed by atoms with Gasteiger partial charge in [-0.2, -0.15) is 0 Å². The zero-order chi connectivity index (χ0) is 13.1. The van der Waals surface area contributed by atoms with E-state index in [1.165, 1.54) is 12.1 Å². The number of nitrogens with two attached hydrogens (primary N) is 1. The first kappa shape index (κ1) is 13.2. The predicted octanol–water partition coefficient (Wildman–Crippen LogP) is 4.40. The van der Waals surface area contributed by atoms with Crippen molar-refractivity contribution in [1.29, 1.82) is 0 Å². The molecule has 2 aromatic rings. The van der Waals surface area contributed by atoms with Gasteiger partial charge in [0.2, 0.25) is 0 Å². The van der Waals surface area contributed by atoms with Gasteiger partial charge in [0.05, 0.1) is 4.47 Å². The Morgan fingerprint density at radius 3 is 2.72 bits per heavy atom. The Hall–Kier alpha value is -1.26. The average molecular weight is 331 g/mol. The van der Waals surface area contributed by atoms with E-state index in [2.05, 4.69) is 15.9 Å². The summed E-state index contributed by atoms with van der Waals surface area (Å²) in [7, 11) is 0. The summed E-state index contributed by atoms with van der Waals surface area (Å²) < 4.78 is 19.0. The summed E-state index contributed by atoms with van der Waals surface area (Å²) in [5, 5.41) is 0.549. The highest BCUT2D eigenvalue weighted by Gasteiger charge is 2.07. The Morgan fingerprint density at radius 2 is 2.06 bits per heavy atom. The van der Waals surface area contributed by atoms with Crippen molar-refractivity contribution in [3.05, 3.63) is 57.3 Å². The maximum atomic E-state index is 12.9. The fourth-order valence-corrected chi connectivity index (χ4v) is 2.17. The lowest BCUT2D eigenvalue weighted by Gasteiger charge is -2.11. The lowest BCUT2D eigenvalue weighted by atomic mass is 10.2. The lowest BCUT2D eigenvalue weighted by molar-refractivity contribution is 0.304. The highest BCUT2D eigenvalue weighted by Crippen LogP contribution is 2.28. The van der Waals surface area contributed by atoms with Crippen molar-refractivity contribution in [1.82, 2.24) is 0 Å². The molecule has 0 aliphatic heterocycles. The van der Waals surface area contributed by atoms with Crippen molar-refractivity contribution < 1.29 is 9.13 Å². The van der Waals surface area contributed by atoms with E-state index in [-0.39, 0.29) is 12.4 Å². The van der Waals surface area contributed by atoms with Crippen molar-refractivity contribution in [2.24, 2.45) is 0 Å². The van der Waals surface area contributed by atoms with Gasteiger partial charge >= 0.3 is 0 Å². The van der Waals surface area contributed by atoms with E-state index in [0.717, 1.165) is 5.56 Å². The van der Waals surface area contributed by atoms with E-state index < -0.39 is 0 Å². The molecule has 2 N–H and O–H groups in total. The van der Waals surface area contributed by atoms with Crippen LogP contribution in [0.1, 0.15) is 5.56 Å². The van der Waals surface area contributed by atoms with E-state index >= 15 is 0 Å². The number of nitrogen functional groups attached to an aromatic ring is 1. The highest BCUT2D eigenvalue weighted by atomic mass is 79.9. The maximum absolute atomic E-state index is 12.9. The molecule has 0 atom stereocenters. The summed E-state index contributed by atoms with van der Waals surface area (Å²) >= 11 is 9.26. The minimum Gasteiger partial charge on any atom is -0.488 e. The molecule has 0 unspecified atom stereocenters. The molecule has 94 valence electrons. The van der Waals surface area contributed by atoms with Crippen LogP contribution in [0.15, 0.2) is 40.9 Å². The van der Waals surface area contributed by atoms with Gasteiger partial charge in [-0.15, -0.1) is 0 Å². The summed E-state index contributed by atoms with van der Waals surface area (Å²) in [5.41, 5.74) is 7.10. The van der Waals surface area contributed by atoms with Crippen LogP contribution in [0, 0.1) is 5.82 Å². The molecule has 18 heavy (non-hydrogen) atoms. The van der Waals surface area contributed by atoms with Crippen LogP contribution in [-0.4, -0.2) is 0 Å². The number of ether oxygens (including phenoxy) is 1. The van der Waals surface area contributed by atoms with Gasteiger partial charge in [0, 0.05) is 16.3 Å². The van der Waals surface area contributed by atoms with Gasteiger partial charge in [-0.25, -0.2) is 4.39 Å². The number of rotatable bonds is 3. The maximum Gasteiger partial charge on any atom is 0.134 e. The van der Waals surface area contributed by atoms with Crippen LogP contribution < -0.4 is 10.5 Å². The summed E-state index contributed by atoms with van der Waals surface area (Å²) in [6, 6.07) is 9.49. The summed E-state index contributed by atoms with van der Waals surface area (Å²) in [4.78, 5) is 0. The van der Waals surface area contributed by atoms with Crippen LogP contribution in [0.5, 0.6) is 5.75 Å². The van der Waals surface area contributed by atoms with Crippen molar-refractivity contribution in [3.8, 4) is 5.75 Å². The SMILES string of the molecule is Nc1cccc(Cl)c1COc1ccc(F)cc1Br. The minimum atomic E-state index is -0.327. The third kappa shape index (κ3) is 2.94. The van der Waals surface area contributed by atoms with Crippen molar-refractivity contribution in [3.63, 3.8) is 0 Å². The molecule has 5 heteroatoms. The Balaban J connectivity index is 2.16. The lowest BCUT2D eigenvalue weighted by Crippen LogP contribution is -2.01. The molecule has 0 aliphatic carbocycles. The van der Waals surface area contributed by atoms with Crippen LogP contribution in [0.4, 0.5) is 10.1 Å². The first-order chi connectivity index (χ1) is 8.58. The van der Waals surface area contributed by atoms with Gasteiger partial charge in [-0.1, -0.05) is 17.7 Å². The van der Waals surface area contributed by atoms with E-state index in [1.54, 1.807) is 24.3 Å².